The third-order valence-corrected chi connectivity index (χ3v) is 1.88. The third-order valence-electron chi connectivity index (χ3n) is 1.57. The molecule has 0 bridgehead atoms. The van der Waals surface area contributed by atoms with Crippen LogP contribution in [0.15, 0.2) is 18.2 Å². The Balaban J connectivity index is 2.95. The van der Waals surface area contributed by atoms with Crippen molar-refractivity contribution in [2.24, 2.45) is 0 Å². The first-order chi connectivity index (χ1) is 6.15. The van der Waals surface area contributed by atoms with Gasteiger partial charge in [0.25, 0.3) is 0 Å². The van der Waals surface area contributed by atoms with E-state index < -0.39 is 5.82 Å². The summed E-state index contributed by atoms with van der Waals surface area (Å²) in [6, 6.07) is 3.73. The fraction of sp³-hybridized carbons (Fsp3) is 0.222. The summed E-state index contributed by atoms with van der Waals surface area (Å²) in [5.41, 5.74) is 0.345. The van der Waals surface area contributed by atoms with E-state index in [9.17, 15) is 9.18 Å². The molecule has 0 aliphatic carbocycles. The molecule has 0 aromatic heterocycles. The Labute approximate surface area is 80.7 Å². The number of halogens is 2. The van der Waals surface area contributed by atoms with Gasteiger partial charge in [0.05, 0.1) is 11.6 Å². The molecular formula is C9H9ClFNO. The predicted molar refractivity (Wildman–Crippen MR) is 49.7 cm³/mol. The van der Waals surface area contributed by atoms with Gasteiger partial charge in [0, 0.05) is 5.56 Å². The molecule has 70 valence electrons. The maximum absolute atomic E-state index is 12.6. The quantitative estimate of drug-likeness (QED) is 0.757. The highest BCUT2D eigenvalue weighted by Gasteiger charge is 2.09. The van der Waals surface area contributed by atoms with E-state index in [0.717, 1.165) is 6.07 Å². The molecule has 0 saturated heterocycles. The Hall–Kier alpha value is -0.930. The number of hydrogen-bond acceptors (Lipinski definition) is 2. The summed E-state index contributed by atoms with van der Waals surface area (Å²) in [6.45, 7) is 0.200. The molecule has 0 heterocycles. The lowest BCUT2D eigenvalue weighted by atomic mass is 10.1. The SMILES string of the molecule is CNCC(=O)c1ccc(F)cc1Cl. The van der Waals surface area contributed by atoms with Crippen molar-refractivity contribution in [1.29, 1.82) is 0 Å². The molecule has 0 spiro atoms. The number of rotatable bonds is 3. The van der Waals surface area contributed by atoms with E-state index >= 15 is 0 Å². The average Bonchev–Trinajstić information content (AvgIpc) is 2.04. The Kier molecular flexibility index (Phi) is 3.39. The number of hydrogen-bond donors (Lipinski definition) is 1. The van der Waals surface area contributed by atoms with E-state index in [1.807, 2.05) is 0 Å². The first kappa shape index (κ1) is 10.2. The Morgan fingerprint density at radius 2 is 2.31 bits per heavy atom. The van der Waals surface area contributed by atoms with Gasteiger partial charge in [-0.3, -0.25) is 4.79 Å². The first-order valence-electron chi connectivity index (χ1n) is 3.78. The summed E-state index contributed by atoms with van der Waals surface area (Å²) in [7, 11) is 1.66. The minimum absolute atomic E-state index is 0.146. The van der Waals surface area contributed by atoms with Crippen molar-refractivity contribution in [2.75, 3.05) is 13.6 Å². The molecule has 0 atom stereocenters. The van der Waals surface area contributed by atoms with Gasteiger partial charge in [0.2, 0.25) is 0 Å². The largest absolute Gasteiger partial charge is 0.313 e. The zero-order valence-corrected chi connectivity index (χ0v) is 7.86. The fourth-order valence-corrected chi connectivity index (χ4v) is 1.24. The van der Waals surface area contributed by atoms with Crippen LogP contribution in [0.2, 0.25) is 5.02 Å². The highest BCUT2D eigenvalue weighted by atomic mass is 35.5. The standard InChI is InChI=1S/C9H9ClFNO/c1-12-5-9(13)7-3-2-6(11)4-8(7)10/h2-4,12H,5H2,1H3. The van der Waals surface area contributed by atoms with Crippen molar-refractivity contribution in [1.82, 2.24) is 5.32 Å². The normalized spacial score (nSPS) is 10.1. The molecule has 1 N–H and O–H groups in total. The third kappa shape index (κ3) is 2.50. The van der Waals surface area contributed by atoms with E-state index in [1.54, 1.807) is 7.05 Å². The maximum atomic E-state index is 12.6. The molecule has 0 amide bonds. The van der Waals surface area contributed by atoms with E-state index in [4.69, 9.17) is 11.6 Å². The van der Waals surface area contributed by atoms with Crippen LogP contribution >= 0.6 is 11.6 Å². The second-order valence-electron chi connectivity index (χ2n) is 2.58. The van der Waals surface area contributed by atoms with Gasteiger partial charge in [0.1, 0.15) is 5.82 Å². The number of ketones is 1. The number of benzene rings is 1. The van der Waals surface area contributed by atoms with Crippen molar-refractivity contribution in [2.45, 2.75) is 0 Å². The second-order valence-corrected chi connectivity index (χ2v) is 2.98. The molecule has 13 heavy (non-hydrogen) atoms. The van der Waals surface area contributed by atoms with E-state index in [-0.39, 0.29) is 17.4 Å². The van der Waals surface area contributed by atoms with Gasteiger partial charge < -0.3 is 5.32 Å². The molecule has 0 aliphatic rings. The number of carbonyl (C=O) groups excluding carboxylic acids is 1. The van der Waals surface area contributed by atoms with Crippen molar-refractivity contribution in [3.05, 3.63) is 34.6 Å². The number of carbonyl (C=O) groups is 1. The zero-order chi connectivity index (χ0) is 9.84. The van der Waals surface area contributed by atoms with Crippen LogP contribution in [0.4, 0.5) is 4.39 Å². The fourth-order valence-electron chi connectivity index (χ4n) is 0.971. The van der Waals surface area contributed by atoms with Crippen LogP contribution in [0.1, 0.15) is 10.4 Å². The van der Waals surface area contributed by atoms with Crippen molar-refractivity contribution >= 4 is 17.4 Å². The molecular weight excluding hydrogens is 193 g/mol. The molecule has 1 rings (SSSR count). The molecule has 1 aromatic rings. The second kappa shape index (κ2) is 4.35. The molecule has 0 unspecified atom stereocenters. The number of likely N-dealkylation sites (N-methyl/N-ethyl adjacent to an activating group) is 1. The Bertz CT molecular complexity index is 327. The van der Waals surface area contributed by atoms with Gasteiger partial charge in [-0.15, -0.1) is 0 Å². The van der Waals surface area contributed by atoms with Crippen LogP contribution in [0.3, 0.4) is 0 Å². The van der Waals surface area contributed by atoms with Crippen LogP contribution in [-0.4, -0.2) is 19.4 Å². The van der Waals surface area contributed by atoms with Gasteiger partial charge in [0.15, 0.2) is 5.78 Å². The summed E-state index contributed by atoms with van der Waals surface area (Å²) < 4.78 is 12.6. The first-order valence-corrected chi connectivity index (χ1v) is 4.16. The van der Waals surface area contributed by atoms with Crippen LogP contribution in [0, 0.1) is 5.82 Å². The van der Waals surface area contributed by atoms with Crippen LogP contribution < -0.4 is 5.32 Å². The smallest absolute Gasteiger partial charge is 0.178 e. The molecule has 2 nitrogen and oxygen atoms in total. The van der Waals surface area contributed by atoms with E-state index in [0.29, 0.717) is 5.56 Å². The van der Waals surface area contributed by atoms with E-state index in [1.165, 1.54) is 12.1 Å². The Morgan fingerprint density at radius 1 is 1.62 bits per heavy atom. The summed E-state index contributed by atoms with van der Waals surface area (Å²) in [6.07, 6.45) is 0. The minimum atomic E-state index is -0.439. The molecule has 0 aliphatic heterocycles. The van der Waals surface area contributed by atoms with Crippen molar-refractivity contribution in [3.8, 4) is 0 Å². The highest BCUT2D eigenvalue weighted by Crippen LogP contribution is 2.17. The molecule has 0 radical (unpaired) electrons. The lowest BCUT2D eigenvalue weighted by molar-refractivity contribution is 0.0993. The van der Waals surface area contributed by atoms with Gasteiger partial charge in [-0.2, -0.15) is 0 Å². The van der Waals surface area contributed by atoms with Crippen LogP contribution in [0.25, 0.3) is 0 Å². The number of nitrogens with one attached hydrogen (secondary N) is 1. The molecule has 1 aromatic carbocycles. The summed E-state index contributed by atoms with van der Waals surface area (Å²) in [4.78, 5) is 11.3. The summed E-state index contributed by atoms with van der Waals surface area (Å²) >= 11 is 5.67. The van der Waals surface area contributed by atoms with Gasteiger partial charge in [-0.05, 0) is 25.2 Å². The molecule has 4 heteroatoms. The highest BCUT2D eigenvalue weighted by molar-refractivity contribution is 6.34. The van der Waals surface area contributed by atoms with Gasteiger partial charge in [-0.1, -0.05) is 11.6 Å². The average molecular weight is 202 g/mol. The topological polar surface area (TPSA) is 29.1 Å². The summed E-state index contributed by atoms with van der Waals surface area (Å²) in [5.74, 6) is -0.585. The van der Waals surface area contributed by atoms with Crippen LogP contribution in [0.5, 0.6) is 0 Å². The lowest BCUT2D eigenvalue weighted by Gasteiger charge is -2.02. The van der Waals surface area contributed by atoms with E-state index in [2.05, 4.69) is 5.32 Å². The van der Waals surface area contributed by atoms with Gasteiger partial charge in [-0.25, -0.2) is 4.39 Å². The lowest BCUT2D eigenvalue weighted by Crippen LogP contribution is -2.18. The minimum Gasteiger partial charge on any atom is -0.313 e. The maximum Gasteiger partial charge on any atom is 0.178 e. The van der Waals surface area contributed by atoms with Gasteiger partial charge >= 0.3 is 0 Å². The number of Topliss-reactive ketones (excluding diaryl/α,β-unsaturated/α-hetero) is 1. The summed E-state index contributed by atoms with van der Waals surface area (Å²) in [5, 5.41) is 2.86. The monoisotopic (exact) mass is 201 g/mol. The predicted octanol–water partition coefficient (Wildman–Crippen LogP) is 1.88. The van der Waals surface area contributed by atoms with Crippen LogP contribution in [-0.2, 0) is 0 Å². The zero-order valence-electron chi connectivity index (χ0n) is 7.10. The van der Waals surface area contributed by atoms with Crippen molar-refractivity contribution < 1.29 is 9.18 Å². The van der Waals surface area contributed by atoms with Crippen molar-refractivity contribution in [3.63, 3.8) is 0 Å². The molecule has 0 saturated carbocycles. The Morgan fingerprint density at radius 3 is 2.85 bits per heavy atom. The molecule has 0 fully saturated rings.